The maximum Gasteiger partial charge on any atom is 0.259 e. The van der Waals surface area contributed by atoms with Gasteiger partial charge in [-0.15, -0.1) is 0 Å². The first kappa shape index (κ1) is 15.2. The molecule has 124 valence electrons. The number of fused-ring (bicyclic) bond motifs is 1. The minimum Gasteiger partial charge on any atom is -0.328 e. The molecule has 4 aromatic rings. The molecular weight excluding hydrogens is 331 g/mol. The maximum absolute atomic E-state index is 14.2. The summed E-state index contributed by atoms with van der Waals surface area (Å²) in [5.41, 5.74) is -0.205. The molecule has 0 fully saturated rings. The SMILES string of the molecule is O=c1[nH]ccc2c1c(-c1cccc(F)c1)nn2-c1c(F)cccc1F. The highest BCUT2D eigenvalue weighted by molar-refractivity contribution is 5.93. The van der Waals surface area contributed by atoms with Crippen molar-refractivity contribution in [1.29, 1.82) is 0 Å². The van der Waals surface area contributed by atoms with Crippen molar-refractivity contribution in [2.75, 3.05) is 0 Å². The summed E-state index contributed by atoms with van der Waals surface area (Å²) in [6, 6.07) is 10.4. The molecule has 0 saturated carbocycles. The number of nitrogens with zero attached hydrogens (tertiary/aromatic N) is 2. The predicted octanol–water partition coefficient (Wildman–Crippen LogP) is 3.80. The molecule has 2 aromatic heterocycles. The van der Waals surface area contributed by atoms with Crippen LogP contribution in [-0.4, -0.2) is 14.8 Å². The second-order valence-electron chi connectivity index (χ2n) is 5.41. The zero-order valence-electron chi connectivity index (χ0n) is 12.6. The van der Waals surface area contributed by atoms with Crippen molar-refractivity contribution in [3.05, 3.63) is 82.5 Å². The number of halogens is 3. The van der Waals surface area contributed by atoms with Crippen LogP contribution in [0.3, 0.4) is 0 Å². The van der Waals surface area contributed by atoms with E-state index in [1.807, 2.05) is 0 Å². The van der Waals surface area contributed by atoms with E-state index in [4.69, 9.17) is 0 Å². The van der Waals surface area contributed by atoms with Crippen LogP contribution in [0, 0.1) is 17.5 Å². The summed E-state index contributed by atoms with van der Waals surface area (Å²) in [5.74, 6) is -2.16. The molecule has 0 aliphatic carbocycles. The summed E-state index contributed by atoms with van der Waals surface area (Å²) >= 11 is 0. The van der Waals surface area contributed by atoms with E-state index in [0.717, 1.165) is 16.8 Å². The van der Waals surface area contributed by atoms with Crippen LogP contribution >= 0.6 is 0 Å². The molecule has 2 heterocycles. The van der Waals surface area contributed by atoms with Crippen LogP contribution in [0.2, 0.25) is 0 Å². The number of H-pyrrole nitrogens is 1. The largest absolute Gasteiger partial charge is 0.328 e. The zero-order chi connectivity index (χ0) is 17.6. The number of aromatic nitrogens is 3. The Morgan fingerprint density at radius 1 is 0.960 bits per heavy atom. The van der Waals surface area contributed by atoms with E-state index in [-0.39, 0.29) is 16.6 Å². The van der Waals surface area contributed by atoms with Gasteiger partial charge in [-0.25, -0.2) is 17.9 Å². The second kappa shape index (κ2) is 5.62. The van der Waals surface area contributed by atoms with Gasteiger partial charge in [0, 0.05) is 11.8 Å². The van der Waals surface area contributed by atoms with Crippen molar-refractivity contribution in [3.8, 4) is 16.9 Å². The first-order valence-electron chi connectivity index (χ1n) is 7.37. The average molecular weight is 341 g/mol. The highest BCUT2D eigenvalue weighted by atomic mass is 19.1. The van der Waals surface area contributed by atoms with Crippen molar-refractivity contribution in [3.63, 3.8) is 0 Å². The van der Waals surface area contributed by atoms with Gasteiger partial charge in [-0.05, 0) is 30.3 Å². The van der Waals surface area contributed by atoms with Crippen molar-refractivity contribution in [1.82, 2.24) is 14.8 Å². The Morgan fingerprint density at radius 2 is 1.68 bits per heavy atom. The summed E-state index contributed by atoms with van der Waals surface area (Å²) in [4.78, 5) is 14.8. The van der Waals surface area contributed by atoms with E-state index in [1.165, 1.54) is 36.5 Å². The number of hydrogen-bond acceptors (Lipinski definition) is 2. The van der Waals surface area contributed by atoms with E-state index in [9.17, 15) is 18.0 Å². The second-order valence-corrected chi connectivity index (χ2v) is 5.41. The fourth-order valence-electron chi connectivity index (χ4n) is 2.78. The van der Waals surface area contributed by atoms with Crippen molar-refractivity contribution < 1.29 is 13.2 Å². The third kappa shape index (κ3) is 2.40. The van der Waals surface area contributed by atoms with E-state index in [1.54, 1.807) is 6.07 Å². The van der Waals surface area contributed by atoms with Crippen LogP contribution in [0.25, 0.3) is 27.8 Å². The molecule has 1 N–H and O–H groups in total. The summed E-state index contributed by atoms with van der Waals surface area (Å²) in [7, 11) is 0. The van der Waals surface area contributed by atoms with Crippen LogP contribution in [-0.2, 0) is 0 Å². The monoisotopic (exact) mass is 341 g/mol. The molecule has 0 atom stereocenters. The van der Waals surface area contributed by atoms with Gasteiger partial charge in [0.2, 0.25) is 0 Å². The maximum atomic E-state index is 14.2. The number of nitrogens with one attached hydrogen (secondary N) is 1. The van der Waals surface area contributed by atoms with Crippen LogP contribution < -0.4 is 5.56 Å². The highest BCUT2D eigenvalue weighted by Gasteiger charge is 2.20. The van der Waals surface area contributed by atoms with Gasteiger partial charge in [-0.3, -0.25) is 4.79 Å². The quantitative estimate of drug-likeness (QED) is 0.603. The van der Waals surface area contributed by atoms with Crippen molar-refractivity contribution >= 4 is 10.9 Å². The summed E-state index contributed by atoms with van der Waals surface area (Å²) < 4.78 is 43.0. The van der Waals surface area contributed by atoms with Crippen LogP contribution in [0.1, 0.15) is 0 Å². The molecule has 0 spiro atoms. The first-order chi connectivity index (χ1) is 12.1. The van der Waals surface area contributed by atoms with Crippen molar-refractivity contribution in [2.24, 2.45) is 0 Å². The van der Waals surface area contributed by atoms with Gasteiger partial charge in [0.25, 0.3) is 5.56 Å². The van der Waals surface area contributed by atoms with Gasteiger partial charge >= 0.3 is 0 Å². The number of benzene rings is 2. The Balaban J connectivity index is 2.12. The van der Waals surface area contributed by atoms with E-state index >= 15 is 0 Å². The van der Waals surface area contributed by atoms with E-state index in [2.05, 4.69) is 10.1 Å². The van der Waals surface area contributed by atoms with Gasteiger partial charge < -0.3 is 4.98 Å². The van der Waals surface area contributed by atoms with Crippen molar-refractivity contribution in [2.45, 2.75) is 0 Å². The summed E-state index contributed by atoms with van der Waals surface area (Å²) in [6.45, 7) is 0. The molecule has 0 amide bonds. The molecule has 7 heteroatoms. The third-order valence-electron chi connectivity index (χ3n) is 3.85. The molecule has 4 rings (SSSR count). The first-order valence-corrected chi connectivity index (χ1v) is 7.37. The molecule has 4 nitrogen and oxygen atoms in total. The summed E-state index contributed by atoms with van der Waals surface area (Å²) in [6.07, 6.45) is 1.36. The third-order valence-corrected chi connectivity index (χ3v) is 3.85. The molecular formula is C18H10F3N3O. The Kier molecular flexibility index (Phi) is 3.42. The average Bonchev–Trinajstić information content (AvgIpc) is 2.96. The smallest absolute Gasteiger partial charge is 0.259 e. The lowest BCUT2D eigenvalue weighted by atomic mass is 10.1. The highest BCUT2D eigenvalue weighted by Crippen LogP contribution is 2.29. The minimum atomic E-state index is -0.824. The number of hydrogen-bond donors (Lipinski definition) is 1. The Morgan fingerprint density at radius 3 is 2.40 bits per heavy atom. The Bertz CT molecular complexity index is 1140. The molecule has 25 heavy (non-hydrogen) atoms. The lowest BCUT2D eigenvalue weighted by Crippen LogP contribution is -2.06. The molecule has 0 radical (unpaired) electrons. The molecule has 2 aromatic carbocycles. The number of aromatic amines is 1. The standard InChI is InChI=1S/C18H10F3N3O/c19-11-4-1-3-10(9-11)16-15-14(7-8-22-18(15)25)24(23-16)17-12(20)5-2-6-13(17)21/h1-9H,(H,22,25). The normalized spacial score (nSPS) is 11.2. The lowest BCUT2D eigenvalue weighted by Gasteiger charge is -2.06. The Hall–Kier alpha value is -3.35. The fraction of sp³-hybridized carbons (Fsp3) is 0. The van der Waals surface area contributed by atoms with E-state index in [0.29, 0.717) is 5.56 Å². The predicted molar refractivity (Wildman–Crippen MR) is 87.0 cm³/mol. The number of pyridine rings is 1. The van der Waals surface area contributed by atoms with Gasteiger partial charge in [0.1, 0.15) is 17.2 Å². The topological polar surface area (TPSA) is 50.7 Å². The fourth-order valence-corrected chi connectivity index (χ4v) is 2.78. The summed E-state index contributed by atoms with van der Waals surface area (Å²) in [5, 5.41) is 4.32. The van der Waals surface area contributed by atoms with E-state index < -0.39 is 28.7 Å². The van der Waals surface area contributed by atoms with Gasteiger partial charge in [-0.1, -0.05) is 18.2 Å². The number of para-hydroxylation sites is 1. The zero-order valence-corrected chi connectivity index (χ0v) is 12.6. The van der Waals surface area contributed by atoms with Gasteiger partial charge in [0.05, 0.1) is 10.9 Å². The minimum absolute atomic E-state index is 0.121. The molecule has 0 aliphatic heterocycles. The van der Waals surface area contributed by atoms with Gasteiger partial charge in [-0.2, -0.15) is 5.10 Å². The molecule has 0 saturated heterocycles. The molecule has 0 bridgehead atoms. The van der Waals surface area contributed by atoms with Crippen LogP contribution in [0.15, 0.2) is 59.5 Å². The molecule has 0 unspecified atom stereocenters. The lowest BCUT2D eigenvalue weighted by molar-refractivity contribution is 0.563. The molecule has 0 aliphatic rings. The van der Waals surface area contributed by atoms with Crippen LogP contribution in [0.5, 0.6) is 0 Å². The number of rotatable bonds is 2. The van der Waals surface area contributed by atoms with Gasteiger partial charge in [0.15, 0.2) is 11.6 Å². The Labute approximate surface area is 139 Å². The van der Waals surface area contributed by atoms with Crippen LogP contribution in [0.4, 0.5) is 13.2 Å².